The third-order valence-electron chi connectivity index (χ3n) is 4.79. The summed E-state index contributed by atoms with van der Waals surface area (Å²) in [4.78, 5) is 26.4. The van der Waals surface area contributed by atoms with Crippen LogP contribution in [0.5, 0.6) is 0 Å². The van der Waals surface area contributed by atoms with Gasteiger partial charge in [0.2, 0.25) is 11.8 Å². The topological polar surface area (TPSA) is 61.4 Å². The summed E-state index contributed by atoms with van der Waals surface area (Å²) in [5, 5.41) is 6.94. The van der Waals surface area contributed by atoms with Gasteiger partial charge in [-0.25, -0.2) is 0 Å². The van der Waals surface area contributed by atoms with Gasteiger partial charge in [-0.15, -0.1) is 0 Å². The van der Waals surface area contributed by atoms with Gasteiger partial charge >= 0.3 is 0 Å². The van der Waals surface area contributed by atoms with Crippen LogP contribution in [0.4, 0.5) is 5.69 Å². The zero-order valence-electron chi connectivity index (χ0n) is 13.2. The van der Waals surface area contributed by atoms with Crippen molar-refractivity contribution in [3.05, 3.63) is 29.3 Å². The van der Waals surface area contributed by atoms with E-state index in [1.165, 1.54) is 0 Å². The lowest BCUT2D eigenvalue weighted by Gasteiger charge is -2.31. The summed E-state index contributed by atoms with van der Waals surface area (Å²) < 4.78 is 0. The number of carbonyl (C=O) groups excluding carboxylic acids is 2. The first-order valence-electron chi connectivity index (χ1n) is 8.12. The van der Waals surface area contributed by atoms with Crippen LogP contribution in [-0.2, 0) is 9.59 Å². The summed E-state index contributed by atoms with van der Waals surface area (Å²) in [7, 11) is 0. The number of hydrogen-bond donors (Lipinski definition) is 2. The van der Waals surface area contributed by atoms with Crippen molar-refractivity contribution in [3.8, 4) is 0 Å². The molecule has 0 saturated carbocycles. The van der Waals surface area contributed by atoms with E-state index in [-0.39, 0.29) is 30.2 Å². The molecule has 2 amide bonds. The average Bonchev–Trinajstić information content (AvgIpc) is 2.92. The van der Waals surface area contributed by atoms with E-state index < -0.39 is 0 Å². The van der Waals surface area contributed by atoms with Gasteiger partial charge in [-0.1, -0.05) is 30.7 Å². The number of piperidine rings is 1. The number of hydrogen-bond acceptors (Lipinski definition) is 3. The monoisotopic (exact) mass is 335 g/mol. The quantitative estimate of drug-likeness (QED) is 0.885. The molecular formula is C17H22ClN3O2. The highest BCUT2D eigenvalue weighted by Gasteiger charge is 2.37. The Morgan fingerprint density at radius 1 is 1.39 bits per heavy atom. The van der Waals surface area contributed by atoms with Crippen molar-refractivity contribution < 1.29 is 9.59 Å². The number of amides is 2. The second kappa shape index (κ2) is 6.89. The van der Waals surface area contributed by atoms with Gasteiger partial charge in [-0.2, -0.15) is 0 Å². The standard InChI is InChI=1S/C17H22ClN3O2/c1-11-6-7-19-9-14(11)20-17(23)12-8-16(22)21(10-12)15-5-3-2-4-13(15)18/h2-5,11-12,14,19H,6-10H2,1H3,(H,20,23). The molecule has 2 heterocycles. The van der Waals surface area contributed by atoms with Crippen molar-refractivity contribution in [2.24, 2.45) is 11.8 Å². The van der Waals surface area contributed by atoms with E-state index in [1.54, 1.807) is 11.0 Å². The van der Waals surface area contributed by atoms with E-state index in [2.05, 4.69) is 17.6 Å². The summed E-state index contributed by atoms with van der Waals surface area (Å²) >= 11 is 6.17. The Kier molecular flexibility index (Phi) is 4.87. The fraction of sp³-hybridized carbons (Fsp3) is 0.529. The van der Waals surface area contributed by atoms with Crippen molar-refractivity contribution in [1.82, 2.24) is 10.6 Å². The lowest BCUT2D eigenvalue weighted by molar-refractivity contribution is -0.127. The van der Waals surface area contributed by atoms with E-state index in [1.807, 2.05) is 18.2 Å². The molecule has 2 aliphatic heterocycles. The van der Waals surface area contributed by atoms with Gasteiger partial charge in [0, 0.05) is 25.6 Å². The molecule has 5 nitrogen and oxygen atoms in total. The number of para-hydroxylation sites is 1. The molecule has 2 aliphatic rings. The first-order valence-corrected chi connectivity index (χ1v) is 8.50. The maximum Gasteiger partial charge on any atom is 0.227 e. The molecule has 1 aromatic rings. The third-order valence-corrected chi connectivity index (χ3v) is 5.11. The molecule has 3 rings (SSSR count). The predicted molar refractivity (Wildman–Crippen MR) is 90.5 cm³/mol. The van der Waals surface area contributed by atoms with Gasteiger partial charge in [-0.05, 0) is 31.0 Å². The molecule has 0 aliphatic carbocycles. The van der Waals surface area contributed by atoms with Gasteiger partial charge in [0.1, 0.15) is 0 Å². The van der Waals surface area contributed by atoms with E-state index in [0.29, 0.717) is 23.2 Å². The highest BCUT2D eigenvalue weighted by Crippen LogP contribution is 2.31. The lowest BCUT2D eigenvalue weighted by atomic mass is 9.94. The minimum Gasteiger partial charge on any atom is -0.352 e. The average molecular weight is 336 g/mol. The normalized spacial score (nSPS) is 28.0. The molecule has 2 fully saturated rings. The van der Waals surface area contributed by atoms with Gasteiger partial charge in [0.05, 0.1) is 16.6 Å². The summed E-state index contributed by atoms with van der Waals surface area (Å²) in [5.41, 5.74) is 0.683. The fourth-order valence-electron chi connectivity index (χ4n) is 3.27. The van der Waals surface area contributed by atoms with E-state index in [4.69, 9.17) is 11.6 Å². The smallest absolute Gasteiger partial charge is 0.227 e. The molecule has 0 bridgehead atoms. The predicted octanol–water partition coefficient (Wildman–Crippen LogP) is 1.81. The maximum atomic E-state index is 12.5. The molecule has 124 valence electrons. The van der Waals surface area contributed by atoms with Crippen LogP contribution in [0.3, 0.4) is 0 Å². The Labute approximate surface area is 141 Å². The van der Waals surface area contributed by atoms with Crippen LogP contribution < -0.4 is 15.5 Å². The molecule has 2 saturated heterocycles. The van der Waals surface area contributed by atoms with Gasteiger partial charge in [-0.3, -0.25) is 9.59 Å². The van der Waals surface area contributed by atoms with Gasteiger partial charge in [0.25, 0.3) is 0 Å². The zero-order chi connectivity index (χ0) is 16.4. The van der Waals surface area contributed by atoms with Crippen molar-refractivity contribution in [1.29, 1.82) is 0 Å². The molecule has 2 N–H and O–H groups in total. The van der Waals surface area contributed by atoms with E-state index >= 15 is 0 Å². The van der Waals surface area contributed by atoms with Crippen LogP contribution >= 0.6 is 11.6 Å². The Bertz CT molecular complexity index is 607. The molecule has 0 spiro atoms. The Morgan fingerprint density at radius 3 is 2.91 bits per heavy atom. The summed E-state index contributed by atoms with van der Waals surface area (Å²) in [5.74, 6) is 0.0615. The number of benzene rings is 1. The minimum atomic E-state index is -0.312. The zero-order valence-corrected chi connectivity index (χ0v) is 14.0. The highest BCUT2D eigenvalue weighted by atomic mass is 35.5. The van der Waals surface area contributed by atoms with Crippen LogP contribution in [0.1, 0.15) is 19.8 Å². The van der Waals surface area contributed by atoms with Crippen LogP contribution in [0.15, 0.2) is 24.3 Å². The molecular weight excluding hydrogens is 314 g/mol. The molecule has 1 aromatic carbocycles. The first kappa shape index (κ1) is 16.3. The Balaban J connectivity index is 1.65. The van der Waals surface area contributed by atoms with E-state index in [0.717, 1.165) is 19.5 Å². The number of halogens is 1. The second-order valence-corrected chi connectivity index (χ2v) is 6.85. The number of carbonyl (C=O) groups is 2. The Morgan fingerprint density at radius 2 is 2.17 bits per heavy atom. The second-order valence-electron chi connectivity index (χ2n) is 6.44. The Hall–Kier alpha value is -1.59. The lowest BCUT2D eigenvalue weighted by Crippen LogP contribution is -2.51. The summed E-state index contributed by atoms with van der Waals surface area (Å²) in [6.45, 7) is 4.34. The van der Waals surface area contributed by atoms with Gasteiger partial charge < -0.3 is 15.5 Å². The van der Waals surface area contributed by atoms with Crippen LogP contribution in [0.25, 0.3) is 0 Å². The van der Waals surface area contributed by atoms with Crippen LogP contribution in [0.2, 0.25) is 5.02 Å². The third kappa shape index (κ3) is 3.51. The molecule has 0 radical (unpaired) electrons. The van der Waals surface area contributed by atoms with Crippen molar-refractivity contribution in [3.63, 3.8) is 0 Å². The molecule has 3 atom stereocenters. The van der Waals surface area contributed by atoms with Crippen molar-refractivity contribution in [2.75, 3.05) is 24.5 Å². The number of rotatable bonds is 3. The SMILES string of the molecule is CC1CCNCC1NC(=O)C1CC(=O)N(c2ccccc2Cl)C1. The van der Waals surface area contributed by atoms with Crippen molar-refractivity contribution in [2.45, 2.75) is 25.8 Å². The van der Waals surface area contributed by atoms with Crippen LogP contribution in [-0.4, -0.2) is 37.5 Å². The number of nitrogens with one attached hydrogen (secondary N) is 2. The molecule has 23 heavy (non-hydrogen) atoms. The number of anilines is 1. The van der Waals surface area contributed by atoms with Crippen LogP contribution in [0, 0.1) is 11.8 Å². The molecule has 3 unspecified atom stereocenters. The summed E-state index contributed by atoms with van der Waals surface area (Å²) in [6.07, 6.45) is 1.30. The maximum absolute atomic E-state index is 12.5. The van der Waals surface area contributed by atoms with Crippen molar-refractivity contribution >= 4 is 29.1 Å². The minimum absolute atomic E-state index is 0.0338. The number of nitrogens with zero attached hydrogens (tertiary/aromatic N) is 1. The fourth-order valence-corrected chi connectivity index (χ4v) is 3.51. The van der Waals surface area contributed by atoms with E-state index in [9.17, 15) is 9.59 Å². The highest BCUT2D eigenvalue weighted by molar-refractivity contribution is 6.33. The molecule has 6 heteroatoms. The first-order chi connectivity index (χ1) is 11.1. The summed E-state index contributed by atoms with van der Waals surface area (Å²) in [6, 6.07) is 7.38. The van der Waals surface area contributed by atoms with Gasteiger partial charge in [0.15, 0.2) is 0 Å². The molecule has 0 aromatic heterocycles. The largest absolute Gasteiger partial charge is 0.352 e.